The maximum absolute atomic E-state index is 3.55. The van der Waals surface area contributed by atoms with Crippen LogP contribution in [0.3, 0.4) is 0 Å². The van der Waals surface area contributed by atoms with E-state index in [9.17, 15) is 0 Å². The molecular formula is C16H33N3. The second-order valence-electron chi connectivity index (χ2n) is 7.00. The molecule has 0 aromatic rings. The Balaban J connectivity index is 1.80. The highest BCUT2D eigenvalue weighted by Crippen LogP contribution is 2.29. The lowest BCUT2D eigenvalue weighted by molar-refractivity contribution is 0.0781. The Morgan fingerprint density at radius 2 is 1.79 bits per heavy atom. The van der Waals surface area contributed by atoms with Gasteiger partial charge in [0.15, 0.2) is 0 Å². The van der Waals surface area contributed by atoms with E-state index >= 15 is 0 Å². The van der Waals surface area contributed by atoms with E-state index in [-0.39, 0.29) is 0 Å². The molecule has 0 amide bonds. The number of piperazine rings is 1. The minimum absolute atomic E-state index is 0.710. The number of hydrogen-bond donors (Lipinski definition) is 1. The fourth-order valence-corrected chi connectivity index (χ4v) is 3.87. The first-order chi connectivity index (χ1) is 9.10. The van der Waals surface area contributed by atoms with Crippen LogP contribution in [-0.2, 0) is 0 Å². The van der Waals surface area contributed by atoms with Crippen LogP contribution in [0.1, 0.15) is 40.0 Å². The van der Waals surface area contributed by atoms with Gasteiger partial charge in [0, 0.05) is 44.8 Å². The normalized spacial score (nSPS) is 34.9. The third-order valence-electron chi connectivity index (χ3n) is 5.25. The third kappa shape index (κ3) is 4.17. The van der Waals surface area contributed by atoms with Crippen molar-refractivity contribution >= 4 is 0 Å². The number of hydrogen-bond acceptors (Lipinski definition) is 3. The topological polar surface area (TPSA) is 18.5 Å². The molecule has 0 radical (unpaired) electrons. The van der Waals surface area contributed by atoms with Gasteiger partial charge in [0.05, 0.1) is 0 Å². The Labute approximate surface area is 119 Å². The number of nitrogens with one attached hydrogen (secondary N) is 1. The van der Waals surface area contributed by atoms with Crippen molar-refractivity contribution in [1.29, 1.82) is 0 Å². The lowest BCUT2D eigenvalue weighted by atomic mass is 9.78. The second-order valence-corrected chi connectivity index (χ2v) is 7.00. The maximum atomic E-state index is 3.55. The van der Waals surface area contributed by atoms with Crippen molar-refractivity contribution in [2.24, 2.45) is 11.8 Å². The first-order valence-corrected chi connectivity index (χ1v) is 8.23. The molecule has 0 bridgehead atoms. The zero-order chi connectivity index (χ0) is 13.8. The molecule has 0 aromatic heterocycles. The summed E-state index contributed by atoms with van der Waals surface area (Å²) in [7, 11) is 2.14. The van der Waals surface area contributed by atoms with Crippen LogP contribution < -0.4 is 5.32 Å². The fraction of sp³-hybridized carbons (Fsp3) is 1.00. The highest BCUT2D eigenvalue weighted by atomic mass is 15.3. The molecule has 19 heavy (non-hydrogen) atoms. The van der Waals surface area contributed by atoms with Crippen LogP contribution in [0, 0.1) is 11.8 Å². The Morgan fingerprint density at radius 3 is 2.37 bits per heavy atom. The van der Waals surface area contributed by atoms with Crippen LogP contribution in [0.15, 0.2) is 0 Å². The first-order valence-electron chi connectivity index (χ1n) is 8.23. The first kappa shape index (κ1) is 15.3. The van der Waals surface area contributed by atoms with Gasteiger partial charge < -0.3 is 10.2 Å². The van der Waals surface area contributed by atoms with Gasteiger partial charge in [-0.3, -0.25) is 4.90 Å². The van der Waals surface area contributed by atoms with Crippen LogP contribution in [-0.4, -0.2) is 61.7 Å². The molecule has 0 aromatic carbocycles. The van der Waals surface area contributed by atoms with Crippen molar-refractivity contribution in [3.63, 3.8) is 0 Å². The van der Waals surface area contributed by atoms with Gasteiger partial charge in [-0.15, -0.1) is 0 Å². The number of nitrogens with zero attached hydrogens (tertiary/aromatic N) is 2. The van der Waals surface area contributed by atoms with E-state index in [4.69, 9.17) is 0 Å². The quantitative estimate of drug-likeness (QED) is 0.841. The summed E-state index contributed by atoms with van der Waals surface area (Å²) in [6.45, 7) is 13.4. The van der Waals surface area contributed by atoms with E-state index in [0.29, 0.717) is 6.04 Å². The van der Waals surface area contributed by atoms with Gasteiger partial charge in [-0.25, -0.2) is 0 Å². The van der Waals surface area contributed by atoms with Crippen LogP contribution >= 0.6 is 0 Å². The van der Waals surface area contributed by atoms with Crippen LogP contribution in [0.2, 0.25) is 0 Å². The van der Waals surface area contributed by atoms with E-state index in [1.807, 2.05) is 0 Å². The maximum Gasteiger partial charge on any atom is 0.0113 e. The van der Waals surface area contributed by atoms with E-state index in [1.54, 1.807) is 0 Å². The summed E-state index contributed by atoms with van der Waals surface area (Å²) in [6, 6.07) is 1.46. The molecular weight excluding hydrogens is 234 g/mol. The molecule has 1 aliphatic heterocycles. The van der Waals surface area contributed by atoms with Gasteiger partial charge >= 0.3 is 0 Å². The molecule has 0 spiro atoms. The Kier molecular flexibility index (Phi) is 5.67. The molecule has 3 nitrogen and oxygen atoms in total. The Bertz CT molecular complexity index is 259. The summed E-state index contributed by atoms with van der Waals surface area (Å²) in [5, 5.41) is 3.55. The van der Waals surface area contributed by atoms with E-state index < -0.39 is 0 Å². The summed E-state index contributed by atoms with van der Waals surface area (Å²) in [5.74, 6) is 1.78. The SMILES string of the molecule is CNC1CCC(C)CC1CN1CCN(C(C)C)CC1. The molecule has 1 N–H and O–H groups in total. The van der Waals surface area contributed by atoms with E-state index in [2.05, 4.69) is 42.9 Å². The number of rotatable bonds is 4. The van der Waals surface area contributed by atoms with Crippen LogP contribution in [0.25, 0.3) is 0 Å². The molecule has 2 rings (SSSR count). The molecule has 3 unspecified atom stereocenters. The van der Waals surface area contributed by atoms with Crippen molar-refractivity contribution in [3.8, 4) is 0 Å². The highest BCUT2D eigenvalue weighted by molar-refractivity contribution is 4.86. The van der Waals surface area contributed by atoms with Crippen LogP contribution in [0.4, 0.5) is 0 Å². The van der Waals surface area contributed by atoms with Crippen LogP contribution in [0.5, 0.6) is 0 Å². The Morgan fingerprint density at radius 1 is 1.11 bits per heavy atom. The fourth-order valence-electron chi connectivity index (χ4n) is 3.87. The van der Waals surface area contributed by atoms with Gasteiger partial charge in [0.1, 0.15) is 0 Å². The van der Waals surface area contributed by atoms with Crippen molar-refractivity contribution < 1.29 is 0 Å². The average Bonchev–Trinajstić information content (AvgIpc) is 2.39. The molecule has 1 aliphatic carbocycles. The molecule has 1 heterocycles. The monoisotopic (exact) mass is 267 g/mol. The highest BCUT2D eigenvalue weighted by Gasteiger charge is 2.30. The summed E-state index contributed by atoms with van der Waals surface area (Å²) in [4.78, 5) is 5.31. The predicted molar refractivity (Wildman–Crippen MR) is 82.5 cm³/mol. The molecule has 2 fully saturated rings. The van der Waals surface area contributed by atoms with Gasteiger partial charge in [0.2, 0.25) is 0 Å². The second kappa shape index (κ2) is 7.05. The van der Waals surface area contributed by atoms with Crippen molar-refractivity contribution in [2.45, 2.75) is 52.1 Å². The van der Waals surface area contributed by atoms with Gasteiger partial charge in [-0.2, -0.15) is 0 Å². The largest absolute Gasteiger partial charge is 0.317 e. The predicted octanol–water partition coefficient (Wildman–Crippen LogP) is 2.04. The molecule has 3 heteroatoms. The van der Waals surface area contributed by atoms with E-state index in [1.165, 1.54) is 52.0 Å². The lowest BCUT2D eigenvalue weighted by Gasteiger charge is -2.42. The summed E-state index contributed by atoms with van der Waals surface area (Å²) in [6.07, 6.45) is 4.19. The molecule has 3 atom stereocenters. The standard InChI is InChI=1S/C16H33N3/c1-13(2)19-9-7-18(8-10-19)12-15-11-14(3)5-6-16(15)17-4/h13-17H,5-12H2,1-4H3. The summed E-state index contributed by atoms with van der Waals surface area (Å²) in [5.41, 5.74) is 0. The van der Waals surface area contributed by atoms with Crippen molar-refractivity contribution in [1.82, 2.24) is 15.1 Å². The minimum atomic E-state index is 0.710. The lowest BCUT2D eigenvalue weighted by Crippen LogP contribution is -2.52. The van der Waals surface area contributed by atoms with Gasteiger partial charge in [-0.05, 0) is 52.0 Å². The van der Waals surface area contributed by atoms with Crippen molar-refractivity contribution in [2.75, 3.05) is 39.8 Å². The molecule has 2 aliphatic rings. The average molecular weight is 267 g/mol. The summed E-state index contributed by atoms with van der Waals surface area (Å²) < 4.78 is 0. The zero-order valence-corrected chi connectivity index (χ0v) is 13.4. The minimum Gasteiger partial charge on any atom is -0.317 e. The Hall–Kier alpha value is -0.120. The van der Waals surface area contributed by atoms with E-state index in [0.717, 1.165) is 17.9 Å². The summed E-state index contributed by atoms with van der Waals surface area (Å²) >= 11 is 0. The van der Waals surface area contributed by atoms with Gasteiger partial charge in [-0.1, -0.05) is 6.92 Å². The smallest absolute Gasteiger partial charge is 0.0113 e. The third-order valence-corrected chi connectivity index (χ3v) is 5.25. The molecule has 1 saturated heterocycles. The molecule has 112 valence electrons. The van der Waals surface area contributed by atoms with Gasteiger partial charge in [0.25, 0.3) is 0 Å². The van der Waals surface area contributed by atoms with Crippen molar-refractivity contribution in [3.05, 3.63) is 0 Å². The molecule has 1 saturated carbocycles. The zero-order valence-electron chi connectivity index (χ0n) is 13.4.